The second-order valence-corrected chi connectivity index (χ2v) is 8.99. The van der Waals surface area contributed by atoms with Gasteiger partial charge in [0.25, 0.3) is 0 Å². The third-order valence-corrected chi connectivity index (χ3v) is 6.61. The molecule has 2 fully saturated rings. The third-order valence-electron chi connectivity index (χ3n) is 6.61. The Kier molecular flexibility index (Phi) is 5.86. The van der Waals surface area contributed by atoms with Crippen molar-refractivity contribution in [2.75, 3.05) is 23.3 Å². The van der Waals surface area contributed by atoms with E-state index < -0.39 is 23.4 Å². The summed E-state index contributed by atoms with van der Waals surface area (Å²) in [6.07, 6.45) is 1.25. The predicted octanol–water partition coefficient (Wildman–Crippen LogP) is 5.42. The number of ether oxygens (including phenoxy) is 1. The molecule has 3 aromatic rings. The molecule has 1 saturated heterocycles. The third kappa shape index (κ3) is 4.80. The van der Waals surface area contributed by atoms with E-state index in [0.717, 1.165) is 25.1 Å². The normalized spacial score (nSPS) is 22.5. The molecule has 1 saturated carbocycles. The minimum Gasteiger partial charge on any atom is -0.441 e. The zero-order chi connectivity index (χ0) is 24.6. The molecule has 1 aliphatic carbocycles. The van der Waals surface area contributed by atoms with Gasteiger partial charge >= 0.3 is 12.3 Å². The number of para-hydroxylation sites is 1. The van der Waals surface area contributed by atoms with Gasteiger partial charge in [-0.1, -0.05) is 12.1 Å². The van der Waals surface area contributed by atoms with Crippen LogP contribution < -0.4 is 10.2 Å². The van der Waals surface area contributed by atoms with Crippen LogP contribution in [0.5, 0.6) is 0 Å². The van der Waals surface area contributed by atoms with E-state index in [1.165, 1.54) is 21.8 Å². The summed E-state index contributed by atoms with van der Waals surface area (Å²) in [5, 5.41) is 7.66. The molecule has 11 heteroatoms. The summed E-state index contributed by atoms with van der Waals surface area (Å²) in [4.78, 5) is 17.4. The minimum absolute atomic E-state index is 0.0796. The standard InChI is InChI=1S/C24H23F4N5O2/c25-19-3-1-2-4-20(19)33-10-7-21(31-33)30-12-16-5-8-23(9-6-16)15-32(22(34)35-23)18-11-17(13-29-14-18)24(26,27)28/h1-4,7,10-11,13-14,16H,5-6,8-9,12,15H2,(H,30,31)/t16-,23-. The zero-order valence-electron chi connectivity index (χ0n) is 18.6. The lowest BCUT2D eigenvalue weighted by atomic mass is 9.78. The van der Waals surface area contributed by atoms with Crippen molar-refractivity contribution in [3.05, 3.63) is 66.4 Å². The van der Waals surface area contributed by atoms with E-state index in [-0.39, 0.29) is 18.0 Å². The van der Waals surface area contributed by atoms with Crippen LogP contribution in [0, 0.1) is 11.7 Å². The van der Waals surface area contributed by atoms with Crippen molar-refractivity contribution in [1.82, 2.24) is 14.8 Å². The monoisotopic (exact) mass is 489 g/mol. The van der Waals surface area contributed by atoms with Gasteiger partial charge in [-0.05, 0) is 49.8 Å². The van der Waals surface area contributed by atoms with Crippen molar-refractivity contribution in [1.29, 1.82) is 0 Å². The number of carbonyl (C=O) groups excluding carboxylic acids is 1. The summed E-state index contributed by atoms with van der Waals surface area (Å²) in [6.45, 7) is 0.849. The van der Waals surface area contributed by atoms with E-state index in [4.69, 9.17) is 4.74 Å². The molecule has 2 aliphatic rings. The summed E-state index contributed by atoms with van der Waals surface area (Å²) in [7, 11) is 0. The summed E-state index contributed by atoms with van der Waals surface area (Å²) < 4.78 is 60.2. The molecule has 0 bridgehead atoms. The van der Waals surface area contributed by atoms with Gasteiger partial charge < -0.3 is 10.1 Å². The average Bonchev–Trinajstić information content (AvgIpc) is 3.43. The smallest absolute Gasteiger partial charge is 0.417 e. The van der Waals surface area contributed by atoms with Gasteiger partial charge in [0.05, 0.1) is 24.0 Å². The summed E-state index contributed by atoms with van der Waals surface area (Å²) in [6, 6.07) is 9.08. The Bertz CT molecular complexity index is 1220. The Morgan fingerprint density at radius 3 is 2.66 bits per heavy atom. The molecule has 184 valence electrons. The van der Waals surface area contributed by atoms with Crippen LogP contribution in [0.4, 0.5) is 33.9 Å². The SMILES string of the molecule is O=C1O[C@]2(CC[C@H](CNc3ccn(-c4ccccc4F)n3)CC2)CN1c1cncc(C(F)(F)F)c1. The zero-order valence-corrected chi connectivity index (χ0v) is 18.6. The maximum absolute atomic E-state index is 14.0. The number of alkyl halides is 3. The quantitative estimate of drug-likeness (QED) is 0.485. The molecule has 1 N–H and O–H groups in total. The topological polar surface area (TPSA) is 72.3 Å². The van der Waals surface area contributed by atoms with Gasteiger partial charge in [-0.15, -0.1) is 0 Å². The Balaban J connectivity index is 1.17. The van der Waals surface area contributed by atoms with Crippen molar-refractivity contribution in [2.24, 2.45) is 5.92 Å². The Hall–Kier alpha value is -3.63. The number of hydrogen-bond donors (Lipinski definition) is 1. The lowest BCUT2D eigenvalue weighted by Gasteiger charge is -2.35. The van der Waals surface area contributed by atoms with Crippen LogP contribution in [0.25, 0.3) is 5.69 Å². The Morgan fingerprint density at radius 2 is 1.91 bits per heavy atom. The van der Waals surface area contributed by atoms with Crippen LogP contribution >= 0.6 is 0 Å². The van der Waals surface area contributed by atoms with Crippen LogP contribution in [0.1, 0.15) is 31.2 Å². The second-order valence-electron chi connectivity index (χ2n) is 8.99. The molecule has 1 aliphatic heterocycles. The number of halogens is 4. The highest BCUT2D eigenvalue weighted by Gasteiger charge is 2.48. The number of carbonyl (C=O) groups is 1. The van der Waals surface area contributed by atoms with E-state index in [2.05, 4.69) is 15.4 Å². The van der Waals surface area contributed by atoms with Gasteiger partial charge in [0.1, 0.15) is 22.9 Å². The van der Waals surface area contributed by atoms with E-state index in [0.29, 0.717) is 36.8 Å². The van der Waals surface area contributed by atoms with Crippen molar-refractivity contribution in [3.8, 4) is 5.69 Å². The highest BCUT2D eigenvalue weighted by Crippen LogP contribution is 2.41. The van der Waals surface area contributed by atoms with Gasteiger partial charge in [-0.25, -0.2) is 13.9 Å². The number of anilines is 2. The molecule has 3 heterocycles. The van der Waals surface area contributed by atoms with Crippen molar-refractivity contribution in [3.63, 3.8) is 0 Å². The molecule has 1 amide bonds. The number of amides is 1. The Labute approximate surface area is 198 Å². The lowest BCUT2D eigenvalue weighted by molar-refractivity contribution is -0.137. The highest BCUT2D eigenvalue weighted by atomic mass is 19.4. The van der Waals surface area contributed by atoms with E-state index in [9.17, 15) is 22.4 Å². The fourth-order valence-corrected chi connectivity index (χ4v) is 4.66. The van der Waals surface area contributed by atoms with Gasteiger partial charge in [0.15, 0.2) is 0 Å². The predicted molar refractivity (Wildman–Crippen MR) is 120 cm³/mol. The first-order chi connectivity index (χ1) is 16.7. The van der Waals surface area contributed by atoms with Crippen LogP contribution in [0.15, 0.2) is 55.0 Å². The van der Waals surface area contributed by atoms with Gasteiger partial charge in [0, 0.05) is 25.0 Å². The average molecular weight is 489 g/mol. The van der Waals surface area contributed by atoms with Gasteiger partial charge in [-0.3, -0.25) is 9.88 Å². The number of nitrogens with one attached hydrogen (secondary N) is 1. The summed E-state index contributed by atoms with van der Waals surface area (Å²) in [5.74, 6) is 0.576. The summed E-state index contributed by atoms with van der Waals surface area (Å²) in [5.41, 5.74) is -1.18. The molecular formula is C24H23F4N5O2. The molecule has 0 unspecified atom stereocenters. The van der Waals surface area contributed by atoms with Crippen molar-refractivity contribution < 1.29 is 27.1 Å². The molecule has 7 nitrogen and oxygen atoms in total. The molecule has 1 aromatic carbocycles. The molecule has 1 spiro atoms. The van der Waals surface area contributed by atoms with E-state index in [1.54, 1.807) is 30.5 Å². The van der Waals surface area contributed by atoms with E-state index >= 15 is 0 Å². The fraction of sp³-hybridized carbons (Fsp3) is 0.375. The van der Waals surface area contributed by atoms with E-state index in [1.807, 2.05) is 0 Å². The summed E-state index contributed by atoms with van der Waals surface area (Å²) >= 11 is 0. The van der Waals surface area contributed by atoms with Crippen LogP contribution in [0.3, 0.4) is 0 Å². The molecule has 2 aromatic heterocycles. The minimum atomic E-state index is -4.54. The fourth-order valence-electron chi connectivity index (χ4n) is 4.66. The molecule has 35 heavy (non-hydrogen) atoms. The molecule has 0 atom stereocenters. The molecular weight excluding hydrogens is 466 g/mol. The number of aromatic nitrogens is 3. The number of nitrogens with zero attached hydrogens (tertiary/aromatic N) is 4. The van der Waals surface area contributed by atoms with Crippen LogP contribution in [-0.4, -0.2) is 39.5 Å². The largest absolute Gasteiger partial charge is 0.441 e. The molecule has 5 rings (SSSR count). The number of rotatable bonds is 5. The number of benzene rings is 1. The van der Waals surface area contributed by atoms with Crippen molar-refractivity contribution >= 4 is 17.6 Å². The number of hydrogen-bond acceptors (Lipinski definition) is 5. The lowest BCUT2D eigenvalue weighted by Crippen LogP contribution is -2.39. The maximum atomic E-state index is 14.0. The highest BCUT2D eigenvalue weighted by molar-refractivity contribution is 5.90. The van der Waals surface area contributed by atoms with Gasteiger partial charge in [-0.2, -0.15) is 18.3 Å². The van der Waals surface area contributed by atoms with Crippen LogP contribution in [0.2, 0.25) is 0 Å². The first-order valence-electron chi connectivity index (χ1n) is 11.3. The second kappa shape index (κ2) is 8.86. The van der Waals surface area contributed by atoms with Gasteiger partial charge in [0.2, 0.25) is 0 Å². The first-order valence-corrected chi connectivity index (χ1v) is 11.3. The first kappa shape index (κ1) is 23.1. The van der Waals surface area contributed by atoms with Crippen LogP contribution in [-0.2, 0) is 10.9 Å². The molecule has 0 radical (unpaired) electrons. The number of pyridine rings is 1. The van der Waals surface area contributed by atoms with Crippen molar-refractivity contribution in [2.45, 2.75) is 37.5 Å². The Morgan fingerprint density at radius 1 is 1.14 bits per heavy atom. The maximum Gasteiger partial charge on any atom is 0.417 e.